The highest BCUT2D eigenvalue weighted by atomic mass is 32.1. The Balaban J connectivity index is 1.29. The van der Waals surface area contributed by atoms with Gasteiger partial charge < -0.3 is 19.3 Å². The van der Waals surface area contributed by atoms with Gasteiger partial charge in [-0.1, -0.05) is 18.2 Å². The topological polar surface area (TPSA) is 79.6 Å². The standard InChI is InChI=1S/C31H31N5O4S/c1-33(29(38)20-34-10-14-39-15-11-34)21-7-8-26-25(18-21)23-5-2-4-22(30(23)41-26)24-6-3-9-36-28(37)19-27(32-31(24)36)35-12-16-40-17-13-35/h2-9,18-19H,10-17,20H2,1H3. The molecule has 10 heteroatoms. The molecule has 5 aromatic rings. The Labute approximate surface area is 241 Å². The van der Waals surface area contributed by atoms with E-state index in [9.17, 15) is 9.59 Å². The van der Waals surface area contributed by atoms with Crippen LogP contribution in [0.1, 0.15) is 0 Å². The number of pyridine rings is 1. The molecule has 0 atom stereocenters. The van der Waals surface area contributed by atoms with E-state index in [1.807, 2.05) is 25.2 Å². The van der Waals surface area contributed by atoms with Crippen LogP contribution in [-0.4, -0.2) is 86.4 Å². The van der Waals surface area contributed by atoms with Gasteiger partial charge in [-0.3, -0.25) is 18.9 Å². The number of hydrogen-bond donors (Lipinski definition) is 0. The number of benzene rings is 2. The Kier molecular flexibility index (Phi) is 6.91. The fourth-order valence-electron chi connectivity index (χ4n) is 5.69. The number of carbonyl (C=O) groups is 1. The molecule has 41 heavy (non-hydrogen) atoms. The van der Waals surface area contributed by atoms with Crippen LogP contribution < -0.4 is 15.4 Å². The molecular formula is C31H31N5O4S. The van der Waals surface area contributed by atoms with Gasteiger partial charge in [0.2, 0.25) is 5.91 Å². The van der Waals surface area contributed by atoms with Crippen molar-refractivity contribution in [1.82, 2.24) is 14.3 Å². The van der Waals surface area contributed by atoms with Gasteiger partial charge in [0.1, 0.15) is 11.5 Å². The third kappa shape index (κ3) is 4.87. The predicted molar refractivity (Wildman–Crippen MR) is 163 cm³/mol. The van der Waals surface area contributed by atoms with Crippen LogP contribution in [0.2, 0.25) is 0 Å². The van der Waals surface area contributed by atoms with Crippen molar-refractivity contribution < 1.29 is 14.3 Å². The van der Waals surface area contributed by atoms with Gasteiger partial charge in [-0.05, 0) is 30.3 Å². The maximum absolute atomic E-state index is 13.1. The maximum atomic E-state index is 13.1. The highest BCUT2D eigenvalue weighted by Crippen LogP contribution is 2.41. The molecule has 1 amide bonds. The van der Waals surface area contributed by atoms with Crippen LogP contribution in [0.4, 0.5) is 11.5 Å². The number of likely N-dealkylation sites (N-methyl/N-ethyl adjacent to an activating group) is 1. The van der Waals surface area contributed by atoms with E-state index in [-0.39, 0.29) is 11.5 Å². The summed E-state index contributed by atoms with van der Waals surface area (Å²) in [5, 5.41) is 2.22. The lowest BCUT2D eigenvalue weighted by molar-refractivity contribution is -0.120. The summed E-state index contributed by atoms with van der Waals surface area (Å²) in [4.78, 5) is 37.2. The van der Waals surface area contributed by atoms with Crippen LogP contribution in [0.3, 0.4) is 0 Å². The maximum Gasteiger partial charge on any atom is 0.259 e. The van der Waals surface area contributed by atoms with E-state index in [4.69, 9.17) is 14.5 Å². The number of hydrogen-bond acceptors (Lipinski definition) is 8. The van der Waals surface area contributed by atoms with E-state index in [0.717, 1.165) is 50.1 Å². The van der Waals surface area contributed by atoms with Crippen LogP contribution >= 0.6 is 11.3 Å². The first-order valence-electron chi connectivity index (χ1n) is 13.9. The summed E-state index contributed by atoms with van der Waals surface area (Å²) in [5.41, 5.74) is 3.35. The Morgan fingerprint density at radius 1 is 0.927 bits per heavy atom. The van der Waals surface area contributed by atoms with E-state index in [0.29, 0.717) is 57.5 Å². The molecule has 0 N–H and O–H groups in total. The molecule has 2 fully saturated rings. The van der Waals surface area contributed by atoms with Gasteiger partial charge in [0.05, 0.1) is 33.0 Å². The van der Waals surface area contributed by atoms with Crippen molar-refractivity contribution >= 4 is 54.6 Å². The zero-order valence-electron chi connectivity index (χ0n) is 22.9. The Morgan fingerprint density at radius 3 is 2.49 bits per heavy atom. The fourth-order valence-corrected chi connectivity index (χ4v) is 6.90. The lowest BCUT2D eigenvalue weighted by Crippen LogP contribution is -2.43. The average Bonchev–Trinajstić information content (AvgIpc) is 3.39. The molecule has 2 aliphatic heterocycles. The van der Waals surface area contributed by atoms with E-state index in [2.05, 4.69) is 40.1 Å². The summed E-state index contributed by atoms with van der Waals surface area (Å²) < 4.78 is 14.8. The molecular weight excluding hydrogens is 538 g/mol. The molecule has 9 nitrogen and oxygen atoms in total. The number of thiophene rings is 1. The van der Waals surface area contributed by atoms with Gasteiger partial charge in [0.25, 0.3) is 5.56 Å². The average molecular weight is 570 g/mol. The molecule has 2 aromatic carbocycles. The summed E-state index contributed by atoms with van der Waals surface area (Å²) >= 11 is 1.72. The van der Waals surface area contributed by atoms with Gasteiger partial charge in [-0.15, -0.1) is 11.3 Å². The molecule has 5 heterocycles. The SMILES string of the molecule is CN(C(=O)CN1CCOCC1)c1ccc2sc3c(-c4cccn5c(=O)cc(N6CCOCC6)nc45)cccc3c2c1. The summed E-state index contributed by atoms with van der Waals surface area (Å²) in [7, 11) is 1.84. The monoisotopic (exact) mass is 569 g/mol. The first-order chi connectivity index (χ1) is 20.1. The Bertz CT molecular complexity index is 1820. The number of morpholine rings is 2. The second-order valence-corrected chi connectivity index (χ2v) is 11.5. The molecule has 0 radical (unpaired) electrons. The van der Waals surface area contributed by atoms with Crippen LogP contribution in [0, 0.1) is 0 Å². The molecule has 0 aliphatic carbocycles. The number of carbonyl (C=O) groups excluding carboxylic acids is 1. The van der Waals surface area contributed by atoms with Crippen molar-refractivity contribution in [3.8, 4) is 11.1 Å². The van der Waals surface area contributed by atoms with Crippen LogP contribution in [-0.2, 0) is 14.3 Å². The van der Waals surface area contributed by atoms with Crippen molar-refractivity contribution in [2.45, 2.75) is 0 Å². The number of nitrogens with zero attached hydrogens (tertiary/aromatic N) is 5. The Hall–Kier alpha value is -3.83. The van der Waals surface area contributed by atoms with Gasteiger partial charge >= 0.3 is 0 Å². The van der Waals surface area contributed by atoms with Gasteiger partial charge in [-0.25, -0.2) is 4.98 Å². The highest BCUT2D eigenvalue weighted by molar-refractivity contribution is 7.26. The van der Waals surface area contributed by atoms with Crippen molar-refractivity contribution in [2.24, 2.45) is 0 Å². The van der Waals surface area contributed by atoms with Crippen molar-refractivity contribution in [3.63, 3.8) is 0 Å². The van der Waals surface area contributed by atoms with Crippen molar-refractivity contribution in [2.75, 3.05) is 76.0 Å². The smallest absolute Gasteiger partial charge is 0.259 e. The van der Waals surface area contributed by atoms with Crippen LogP contribution in [0.5, 0.6) is 0 Å². The molecule has 0 spiro atoms. The lowest BCUT2D eigenvalue weighted by atomic mass is 10.0. The Morgan fingerprint density at radius 2 is 1.68 bits per heavy atom. The zero-order chi connectivity index (χ0) is 27.9. The van der Waals surface area contributed by atoms with E-state index in [1.54, 1.807) is 32.9 Å². The molecule has 2 saturated heterocycles. The van der Waals surface area contributed by atoms with E-state index >= 15 is 0 Å². The third-order valence-corrected chi connectivity index (χ3v) is 9.23. The quantitative estimate of drug-likeness (QED) is 0.318. The second kappa shape index (κ2) is 10.9. The minimum Gasteiger partial charge on any atom is -0.379 e. The third-order valence-electron chi connectivity index (χ3n) is 8.01. The number of aromatic nitrogens is 2. The normalized spacial score (nSPS) is 16.6. The van der Waals surface area contributed by atoms with Gasteiger partial charge in [0, 0.05) is 82.5 Å². The molecule has 7 rings (SSSR count). The minimum absolute atomic E-state index is 0.0646. The number of ether oxygens (including phenoxy) is 2. The number of rotatable bonds is 5. The fraction of sp³-hybridized carbons (Fsp3) is 0.323. The number of anilines is 2. The predicted octanol–water partition coefficient (Wildman–Crippen LogP) is 3.86. The second-order valence-electron chi connectivity index (χ2n) is 10.5. The minimum atomic E-state index is -0.101. The van der Waals surface area contributed by atoms with Gasteiger partial charge in [0.15, 0.2) is 0 Å². The zero-order valence-corrected chi connectivity index (χ0v) is 23.7. The summed E-state index contributed by atoms with van der Waals surface area (Å²) in [6.45, 7) is 5.94. The van der Waals surface area contributed by atoms with Crippen LogP contribution in [0.15, 0.2) is 65.6 Å². The lowest BCUT2D eigenvalue weighted by Gasteiger charge is -2.28. The summed E-state index contributed by atoms with van der Waals surface area (Å²) in [6.07, 6.45) is 1.78. The van der Waals surface area contributed by atoms with Gasteiger partial charge in [-0.2, -0.15) is 0 Å². The van der Waals surface area contributed by atoms with Crippen molar-refractivity contribution in [1.29, 1.82) is 0 Å². The van der Waals surface area contributed by atoms with E-state index in [1.165, 1.54) is 0 Å². The number of amides is 1. The first-order valence-corrected chi connectivity index (χ1v) is 14.8. The molecule has 0 unspecified atom stereocenters. The first kappa shape index (κ1) is 26.1. The summed E-state index contributed by atoms with van der Waals surface area (Å²) in [5.74, 6) is 0.749. The summed E-state index contributed by atoms with van der Waals surface area (Å²) in [6, 6.07) is 18.0. The van der Waals surface area contributed by atoms with Crippen molar-refractivity contribution in [3.05, 3.63) is 71.1 Å². The molecule has 3 aromatic heterocycles. The molecule has 2 aliphatic rings. The highest BCUT2D eigenvalue weighted by Gasteiger charge is 2.20. The molecule has 0 bridgehead atoms. The molecule has 0 saturated carbocycles. The number of fused-ring (bicyclic) bond motifs is 4. The largest absolute Gasteiger partial charge is 0.379 e. The van der Waals surface area contributed by atoms with E-state index < -0.39 is 0 Å². The van der Waals surface area contributed by atoms with Crippen LogP contribution in [0.25, 0.3) is 36.9 Å². The molecule has 210 valence electrons.